The largest absolute Gasteiger partial charge is 0.460 e. The summed E-state index contributed by atoms with van der Waals surface area (Å²) < 4.78 is 28.0. The van der Waals surface area contributed by atoms with Crippen molar-refractivity contribution in [3.05, 3.63) is 41.1 Å². The summed E-state index contributed by atoms with van der Waals surface area (Å²) in [6.07, 6.45) is 1.46. The first-order chi connectivity index (χ1) is 9.93. The number of aromatic amines is 1. The maximum Gasteiger partial charge on any atom is 0.272 e. The average molecular weight is 307 g/mol. The lowest BCUT2D eigenvalue weighted by Gasteiger charge is -2.07. The molecule has 1 atom stereocenters. The fourth-order valence-electron chi connectivity index (χ4n) is 2.05. The Hall–Kier alpha value is -2.35. The second-order valence-electron chi connectivity index (χ2n) is 4.82. The molecular weight excluding hydrogens is 294 g/mol. The van der Waals surface area contributed by atoms with E-state index in [4.69, 9.17) is 4.42 Å². The molecule has 1 aliphatic rings. The third-order valence-corrected chi connectivity index (χ3v) is 4.46. The number of furan rings is 1. The molecule has 0 unspecified atom stereocenters. The number of amides is 1. The number of H-pyrrole nitrogens is 1. The van der Waals surface area contributed by atoms with Gasteiger partial charge in [0.05, 0.1) is 11.8 Å². The van der Waals surface area contributed by atoms with Crippen molar-refractivity contribution in [2.45, 2.75) is 13.0 Å². The van der Waals surface area contributed by atoms with Gasteiger partial charge in [-0.15, -0.1) is 0 Å². The molecule has 0 radical (unpaired) electrons. The van der Waals surface area contributed by atoms with E-state index in [1.807, 2.05) is 13.0 Å². The summed E-state index contributed by atoms with van der Waals surface area (Å²) in [5.74, 6) is 0.787. The zero-order chi connectivity index (χ0) is 15.0. The van der Waals surface area contributed by atoms with Gasteiger partial charge in [0.15, 0.2) is 21.3 Å². The van der Waals surface area contributed by atoms with Gasteiger partial charge in [-0.3, -0.25) is 9.89 Å². The molecule has 21 heavy (non-hydrogen) atoms. The third-order valence-electron chi connectivity index (χ3n) is 3.06. The number of nitrogens with zero attached hydrogens (tertiary/aromatic N) is 1. The second kappa shape index (κ2) is 4.88. The molecule has 3 heterocycles. The van der Waals surface area contributed by atoms with E-state index in [1.165, 1.54) is 6.08 Å². The molecule has 0 bridgehead atoms. The van der Waals surface area contributed by atoms with E-state index in [9.17, 15) is 13.2 Å². The van der Waals surface area contributed by atoms with Gasteiger partial charge in [-0.05, 0) is 25.1 Å². The van der Waals surface area contributed by atoms with Crippen LogP contribution in [0.25, 0.3) is 11.5 Å². The zero-order valence-corrected chi connectivity index (χ0v) is 12.0. The van der Waals surface area contributed by atoms with Crippen LogP contribution in [0.15, 0.2) is 34.1 Å². The molecule has 1 amide bonds. The second-order valence-corrected chi connectivity index (χ2v) is 6.75. The molecule has 0 fully saturated rings. The van der Waals surface area contributed by atoms with Crippen LogP contribution >= 0.6 is 0 Å². The number of nitrogens with one attached hydrogen (secondary N) is 2. The predicted octanol–water partition coefficient (Wildman–Crippen LogP) is 1.02. The van der Waals surface area contributed by atoms with Gasteiger partial charge in [-0.25, -0.2) is 8.42 Å². The first-order valence-corrected chi connectivity index (χ1v) is 7.98. The van der Waals surface area contributed by atoms with Gasteiger partial charge in [-0.1, -0.05) is 0 Å². The lowest BCUT2D eigenvalue weighted by molar-refractivity contribution is 0.0942. The molecule has 2 aromatic heterocycles. The van der Waals surface area contributed by atoms with Crippen LogP contribution in [0, 0.1) is 6.92 Å². The molecule has 110 valence electrons. The molecule has 0 aliphatic carbocycles. The normalized spacial score (nSPS) is 19.8. The van der Waals surface area contributed by atoms with Gasteiger partial charge in [-0.2, -0.15) is 5.10 Å². The number of aryl methyl sites for hydroxylation is 1. The Kier molecular flexibility index (Phi) is 3.17. The molecule has 7 nitrogen and oxygen atoms in total. The van der Waals surface area contributed by atoms with Gasteiger partial charge < -0.3 is 9.73 Å². The Balaban J connectivity index is 1.72. The van der Waals surface area contributed by atoms with E-state index in [-0.39, 0.29) is 11.4 Å². The number of hydrogen-bond acceptors (Lipinski definition) is 5. The quantitative estimate of drug-likeness (QED) is 0.880. The highest BCUT2D eigenvalue weighted by molar-refractivity contribution is 7.94. The smallest absolute Gasteiger partial charge is 0.272 e. The number of carbonyl (C=O) groups excluding carboxylic acids is 1. The molecule has 2 N–H and O–H groups in total. The fraction of sp³-hybridized carbons (Fsp3) is 0.231. The summed E-state index contributed by atoms with van der Waals surface area (Å²) in [6, 6.07) is 4.62. The third kappa shape index (κ3) is 2.89. The maximum absolute atomic E-state index is 12.0. The van der Waals surface area contributed by atoms with Crippen LogP contribution in [0.1, 0.15) is 16.2 Å². The molecule has 2 aromatic rings. The van der Waals surface area contributed by atoms with Gasteiger partial charge in [0.1, 0.15) is 11.5 Å². The summed E-state index contributed by atoms with van der Waals surface area (Å²) >= 11 is 0. The van der Waals surface area contributed by atoms with Gasteiger partial charge in [0.2, 0.25) is 0 Å². The van der Waals surface area contributed by atoms with Crippen molar-refractivity contribution in [1.82, 2.24) is 15.5 Å². The summed E-state index contributed by atoms with van der Waals surface area (Å²) in [6.45, 7) is 1.82. The molecule has 8 heteroatoms. The number of rotatable bonds is 3. The van der Waals surface area contributed by atoms with Crippen LogP contribution in [0.3, 0.4) is 0 Å². The number of aromatic nitrogens is 2. The number of sulfone groups is 1. The fourth-order valence-corrected chi connectivity index (χ4v) is 3.29. The van der Waals surface area contributed by atoms with Gasteiger partial charge >= 0.3 is 0 Å². The summed E-state index contributed by atoms with van der Waals surface area (Å²) in [4.78, 5) is 12.0. The standard InChI is InChI=1S/C13H13N3O4S/c1-8-2-3-12(20-8)10-6-11(16-15-10)13(17)14-9-4-5-21(18,19)7-9/h2-6,9H,7H2,1H3,(H,14,17)(H,15,16)/t9-/m1/s1. The Labute approximate surface area is 121 Å². The van der Waals surface area contributed by atoms with E-state index in [0.717, 1.165) is 11.2 Å². The van der Waals surface area contributed by atoms with E-state index in [1.54, 1.807) is 12.1 Å². The number of hydrogen-bond donors (Lipinski definition) is 2. The summed E-state index contributed by atoms with van der Waals surface area (Å²) in [7, 11) is -3.20. The van der Waals surface area contributed by atoms with Crippen molar-refractivity contribution in [2.75, 3.05) is 5.75 Å². The van der Waals surface area contributed by atoms with Crippen molar-refractivity contribution in [3.63, 3.8) is 0 Å². The zero-order valence-electron chi connectivity index (χ0n) is 11.2. The molecule has 0 spiro atoms. The molecule has 0 saturated carbocycles. The van der Waals surface area contributed by atoms with Crippen LogP contribution in [-0.2, 0) is 9.84 Å². The minimum absolute atomic E-state index is 0.118. The van der Waals surface area contributed by atoms with Crippen LogP contribution in [-0.4, -0.2) is 36.3 Å². The Morgan fingerprint density at radius 3 is 2.90 bits per heavy atom. The van der Waals surface area contributed by atoms with Crippen molar-refractivity contribution in [3.8, 4) is 11.5 Å². The Morgan fingerprint density at radius 1 is 1.48 bits per heavy atom. The molecule has 0 saturated heterocycles. The average Bonchev–Trinajstić information content (AvgIpc) is 3.09. The first-order valence-electron chi connectivity index (χ1n) is 6.27. The SMILES string of the molecule is Cc1ccc(-c2cc(C(=O)N[C@@H]3C=CS(=O)(=O)C3)n[nH]2)o1. The molecule has 1 aliphatic heterocycles. The molecule has 0 aromatic carbocycles. The highest BCUT2D eigenvalue weighted by atomic mass is 32.2. The van der Waals surface area contributed by atoms with Crippen molar-refractivity contribution < 1.29 is 17.6 Å². The van der Waals surface area contributed by atoms with Crippen LogP contribution < -0.4 is 5.32 Å². The number of carbonyl (C=O) groups is 1. The van der Waals surface area contributed by atoms with Crippen molar-refractivity contribution >= 4 is 15.7 Å². The van der Waals surface area contributed by atoms with Gasteiger partial charge in [0.25, 0.3) is 5.91 Å². The van der Waals surface area contributed by atoms with Gasteiger partial charge in [0, 0.05) is 11.5 Å². The van der Waals surface area contributed by atoms with Crippen molar-refractivity contribution in [1.29, 1.82) is 0 Å². The van der Waals surface area contributed by atoms with E-state index < -0.39 is 21.8 Å². The summed E-state index contributed by atoms with van der Waals surface area (Å²) in [5.41, 5.74) is 0.764. The topological polar surface area (TPSA) is 105 Å². The Bertz CT molecular complexity index is 816. The minimum Gasteiger partial charge on any atom is -0.460 e. The highest BCUT2D eigenvalue weighted by Gasteiger charge is 2.24. The van der Waals surface area contributed by atoms with Crippen LogP contribution in [0.5, 0.6) is 0 Å². The maximum atomic E-state index is 12.0. The van der Waals surface area contributed by atoms with Crippen LogP contribution in [0.4, 0.5) is 0 Å². The Morgan fingerprint density at radius 2 is 2.29 bits per heavy atom. The molecule has 3 rings (SSSR count). The summed E-state index contributed by atoms with van der Waals surface area (Å²) in [5, 5.41) is 10.3. The van der Waals surface area contributed by atoms with Crippen LogP contribution in [0.2, 0.25) is 0 Å². The first kappa shape index (κ1) is 13.6. The van der Waals surface area contributed by atoms with E-state index in [0.29, 0.717) is 11.5 Å². The van der Waals surface area contributed by atoms with E-state index >= 15 is 0 Å². The lowest BCUT2D eigenvalue weighted by atomic mass is 10.2. The minimum atomic E-state index is -3.20. The predicted molar refractivity (Wildman–Crippen MR) is 75.2 cm³/mol. The monoisotopic (exact) mass is 307 g/mol. The van der Waals surface area contributed by atoms with Crippen molar-refractivity contribution in [2.24, 2.45) is 0 Å². The lowest BCUT2D eigenvalue weighted by Crippen LogP contribution is -2.35. The highest BCUT2D eigenvalue weighted by Crippen LogP contribution is 2.20. The molecular formula is C13H13N3O4S. The van der Waals surface area contributed by atoms with E-state index in [2.05, 4.69) is 15.5 Å².